The minimum atomic E-state index is -3.77. The van der Waals surface area contributed by atoms with Crippen molar-refractivity contribution in [3.05, 3.63) is 36.9 Å². The van der Waals surface area contributed by atoms with Gasteiger partial charge >= 0.3 is 0 Å². The molecule has 0 bridgehead atoms. The number of aromatic nitrogens is 2. The zero-order chi connectivity index (χ0) is 12.8. The van der Waals surface area contributed by atoms with Gasteiger partial charge in [-0.25, -0.2) is 13.4 Å². The fourth-order valence-corrected chi connectivity index (χ4v) is 2.53. The molecule has 0 unspecified atom stereocenters. The molecule has 5 nitrogen and oxygen atoms in total. The summed E-state index contributed by atoms with van der Waals surface area (Å²) < 4.78 is 29.8. The second-order valence-electron chi connectivity index (χ2n) is 3.66. The van der Waals surface area contributed by atoms with Crippen LogP contribution in [-0.2, 0) is 9.05 Å². The third-order valence-electron chi connectivity index (χ3n) is 2.56. The predicted octanol–water partition coefficient (Wildman–Crippen LogP) is 2.30. The van der Waals surface area contributed by atoms with Crippen LogP contribution in [0.25, 0.3) is 17.6 Å². The van der Waals surface area contributed by atoms with Gasteiger partial charge in [0.15, 0.2) is 0 Å². The molecule has 1 aliphatic rings. The van der Waals surface area contributed by atoms with Crippen LogP contribution in [0.4, 0.5) is 0 Å². The van der Waals surface area contributed by atoms with Crippen molar-refractivity contribution in [2.75, 3.05) is 0 Å². The summed E-state index contributed by atoms with van der Waals surface area (Å²) in [6.07, 6.45) is 6.56. The summed E-state index contributed by atoms with van der Waals surface area (Å²) in [6.45, 7) is 0. The summed E-state index contributed by atoms with van der Waals surface area (Å²) in [5, 5.41) is 0. The standard InChI is InChI=1S/C11H7ClN2O3S/c12-18(15,16)8-1-2-10-9(7-8)11-13-3-4-14(11)5-6-17-10/h1-7H. The molecule has 2 heterocycles. The SMILES string of the molecule is O=S(=O)(Cl)c1ccc2c(c1)-c1nccn1C=CO2. The van der Waals surface area contributed by atoms with E-state index in [1.165, 1.54) is 18.4 Å². The first-order chi connectivity index (χ1) is 8.55. The van der Waals surface area contributed by atoms with Gasteiger partial charge in [-0.2, -0.15) is 0 Å². The molecule has 7 heteroatoms. The van der Waals surface area contributed by atoms with E-state index in [1.807, 2.05) is 0 Å². The Morgan fingerprint density at radius 1 is 1.33 bits per heavy atom. The maximum Gasteiger partial charge on any atom is 0.261 e. The van der Waals surface area contributed by atoms with Crippen LogP contribution < -0.4 is 4.74 Å². The van der Waals surface area contributed by atoms with E-state index in [4.69, 9.17) is 15.4 Å². The van der Waals surface area contributed by atoms with Crippen molar-refractivity contribution in [2.24, 2.45) is 0 Å². The van der Waals surface area contributed by atoms with Gasteiger partial charge in [-0.3, -0.25) is 0 Å². The number of benzene rings is 1. The van der Waals surface area contributed by atoms with Crippen molar-refractivity contribution < 1.29 is 13.2 Å². The summed E-state index contributed by atoms with van der Waals surface area (Å²) in [6, 6.07) is 4.40. The fourth-order valence-electron chi connectivity index (χ4n) is 1.75. The average molecular weight is 283 g/mol. The van der Waals surface area contributed by atoms with E-state index in [2.05, 4.69) is 4.98 Å². The van der Waals surface area contributed by atoms with Gasteiger partial charge in [-0.05, 0) is 18.2 Å². The Labute approximate surface area is 108 Å². The van der Waals surface area contributed by atoms with Crippen molar-refractivity contribution >= 4 is 25.9 Å². The zero-order valence-corrected chi connectivity index (χ0v) is 10.5. The third-order valence-corrected chi connectivity index (χ3v) is 3.91. The second-order valence-corrected chi connectivity index (χ2v) is 6.22. The number of rotatable bonds is 1. The van der Waals surface area contributed by atoms with Gasteiger partial charge in [0.1, 0.15) is 17.8 Å². The third kappa shape index (κ3) is 1.79. The molecule has 0 spiro atoms. The lowest BCUT2D eigenvalue weighted by molar-refractivity contribution is 0.487. The van der Waals surface area contributed by atoms with E-state index in [9.17, 15) is 8.42 Å². The van der Waals surface area contributed by atoms with E-state index in [0.29, 0.717) is 17.1 Å². The molecule has 0 aliphatic carbocycles. The van der Waals surface area contributed by atoms with E-state index in [1.54, 1.807) is 29.2 Å². The van der Waals surface area contributed by atoms with Crippen molar-refractivity contribution in [1.82, 2.24) is 9.55 Å². The molecule has 0 fully saturated rings. The molecule has 0 radical (unpaired) electrons. The van der Waals surface area contributed by atoms with E-state index < -0.39 is 9.05 Å². The fraction of sp³-hybridized carbons (Fsp3) is 0. The van der Waals surface area contributed by atoms with E-state index in [-0.39, 0.29) is 4.90 Å². The molecule has 2 aromatic rings. The summed E-state index contributed by atoms with van der Waals surface area (Å²) in [4.78, 5) is 4.19. The number of ether oxygens (including phenoxy) is 1. The molecule has 1 aromatic carbocycles. The van der Waals surface area contributed by atoms with Gasteiger partial charge in [0.05, 0.1) is 10.5 Å². The summed E-state index contributed by atoms with van der Waals surface area (Å²) in [5.41, 5.74) is 0.576. The topological polar surface area (TPSA) is 61.2 Å². The maximum absolute atomic E-state index is 11.3. The van der Waals surface area contributed by atoms with Gasteiger partial charge in [-0.1, -0.05) is 0 Å². The first-order valence-electron chi connectivity index (χ1n) is 5.01. The van der Waals surface area contributed by atoms with Crippen LogP contribution in [0.15, 0.2) is 41.8 Å². The Kier molecular flexibility index (Phi) is 2.42. The number of hydrogen-bond acceptors (Lipinski definition) is 4. The highest BCUT2D eigenvalue weighted by molar-refractivity contribution is 8.13. The summed E-state index contributed by atoms with van der Waals surface area (Å²) in [7, 11) is 1.56. The van der Waals surface area contributed by atoms with E-state index >= 15 is 0 Å². The molecule has 0 atom stereocenters. The van der Waals surface area contributed by atoms with Gasteiger partial charge in [0.2, 0.25) is 0 Å². The monoisotopic (exact) mass is 282 g/mol. The average Bonchev–Trinajstić information content (AvgIpc) is 2.70. The Bertz CT molecular complexity index is 749. The lowest BCUT2D eigenvalue weighted by Gasteiger charge is -2.06. The number of imidazole rings is 1. The Morgan fingerprint density at radius 3 is 2.94 bits per heavy atom. The molecular formula is C11H7ClN2O3S. The van der Waals surface area contributed by atoms with Gasteiger partial charge < -0.3 is 9.30 Å². The zero-order valence-electron chi connectivity index (χ0n) is 8.95. The van der Waals surface area contributed by atoms with Crippen LogP contribution in [0.5, 0.6) is 5.75 Å². The van der Waals surface area contributed by atoms with E-state index in [0.717, 1.165) is 0 Å². The largest absolute Gasteiger partial charge is 0.463 e. The minimum Gasteiger partial charge on any atom is -0.463 e. The van der Waals surface area contributed by atoms with Crippen LogP contribution in [0, 0.1) is 0 Å². The molecular weight excluding hydrogens is 276 g/mol. The normalized spacial score (nSPS) is 13.4. The highest BCUT2D eigenvalue weighted by Crippen LogP contribution is 2.34. The lowest BCUT2D eigenvalue weighted by atomic mass is 10.2. The van der Waals surface area contributed by atoms with Crippen molar-refractivity contribution in [2.45, 2.75) is 4.90 Å². The number of halogens is 1. The Morgan fingerprint density at radius 2 is 2.17 bits per heavy atom. The highest BCUT2D eigenvalue weighted by atomic mass is 35.7. The quantitative estimate of drug-likeness (QED) is 0.753. The van der Waals surface area contributed by atoms with Gasteiger partial charge in [-0.15, -0.1) is 0 Å². The maximum atomic E-state index is 11.3. The van der Waals surface area contributed by atoms with Crippen LogP contribution in [0.1, 0.15) is 0 Å². The van der Waals surface area contributed by atoms with Crippen molar-refractivity contribution in [3.63, 3.8) is 0 Å². The van der Waals surface area contributed by atoms with Gasteiger partial charge in [0, 0.05) is 29.3 Å². The van der Waals surface area contributed by atoms with Crippen LogP contribution in [-0.4, -0.2) is 18.0 Å². The van der Waals surface area contributed by atoms with Crippen molar-refractivity contribution in [1.29, 1.82) is 0 Å². The van der Waals surface area contributed by atoms with Crippen LogP contribution >= 0.6 is 10.7 Å². The molecule has 92 valence electrons. The minimum absolute atomic E-state index is 0.0166. The Hall–Kier alpha value is -1.79. The first-order valence-corrected chi connectivity index (χ1v) is 7.32. The molecule has 0 N–H and O–H groups in total. The number of hydrogen-bond donors (Lipinski definition) is 0. The number of fused-ring (bicyclic) bond motifs is 3. The summed E-state index contributed by atoms with van der Waals surface area (Å²) >= 11 is 0. The first kappa shape index (κ1) is 11.3. The highest BCUT2D eigenvalue weighted by Gasteiger charge is 2.18. The molecule has 1 aliphatic heterocycles. The van der Waals surface area contributed by atoms with Crippen LogP contribution in [0.3, 0.4) is 0 Å². The smallest absolute Gasteiger partial charge is 0.261 e. The molecule has 0 saturated carbocycles. The van der Waals surface area contributed by atoms with Crippen LogP contribution in [0.2, 0.25) is 0 Å². The van der Waals surface area contributed by atoms with Crippen molar-refractivity contribution in [3.8, 4) is 17.1 Å². The number of nitrogens with zero attached hydrogens (tertiary/aromatic N) is 2. The molecule has 3 rings (SSSR count). The summed E-state index contributed by atoms with van der Waals surface area (Å²) in [5.74, 6) is 1.13. The lowest BCUT2D eigenvalue weighted by Crippen LogP contribution is -1.94. The predicted molar refractivity (Wildman–Crippen MR) is 66.7 cm³/mol. The second kappa shape index (κ2) is 3.86. The molecule has 0 saturated heterocycles. The molecule has 1 aromatic heterocycles. The Balaban J connectivity index is 2.29. The molecule has 0 amide bonds. The molecule has 18 heavy (non-hydrogen) atoms. The van der Waals surface area contributed by atoms with Gasteiger partial charge in [0.25, 0.3) is 9.05 Å².